The summed E-state index contributed by atoms with van der Waals surface area (Å²) in [5.41, 5.74) is -0.592. The predicted octanol–water partition coefficient (Wildman–Crippen LogP) is 2.97. The molecule has 23 heavy (non-hydrogen) atoms. The summed E-state index contributed by atoms with van der Waals surface area (Å²) in [5.74, 6) is -3.17. The summed E-state index contributed by atoms with van der Waals surface area (Å²) in [6.07, 6.45) is 0. The van der Waals surface area contributed by atoms with E-state index < -0.39 is 35.2 Å². The minimum atomic E-state index is -2.00. The number of carbonyl (C=O) groups is 1. The second-order valence-electron chi connectivity index (χ2n) is 5.23. The van der Waals surface area contributed by atoms with Gasteiger partial charge in [0.2, 0.25) is 0 Å². The molecule has 0 N–H and O–H groups in total. The smallest absolute Gasteiger partial charge is 0.253 e. The maximum absolute atomic E-state index is 14.0. The van der Waals surface area contributed by atoms with E-state index >= 15 is 0 Å². The Balaban J connectivity index is 2.06. The lowest BCUT2D eigenvalue weighted by Crippen LogP contribution is -2.45. The van der Waals surface area contributed by atoms with Crippen molar-refractivity contribution in [2.75, 3.05) is 0 Å². The van der Waals surface area contributed by atoms with Gasteiger partial charge < -0.3 is 4.90 Å². The normalized spacial score (nSPS) is 15.8. The summed E-state index contributed by atoms with van der Waals surface area (Å²) < 4.78 is 42.2. The third kappa shape index (κ3) is 2.49. The average molecular weight is 376 g/mol. The van der Waals surface area contributed by atoms with E-state index in [9.17, 15) is 18.0 Å². The van der Waals surface area contributed by atoms with Gasteiger partial charge in [0.05, 0.1) is 22.2 Å². The first-order valence-corrected chi connectivity index (χ1v) is 7.35. The Morgan fingerprint density at radius 3 is 2.26 bits per heavy atom. The fraction of sp³-hybridized carbons (Fsp3) is 0.133. The highest BCUT2D eigenvalue weighted by Gasteiger charge is 2.44. The highest BCUT2D eigenvalue weighted by molar-refractivity contribution is 9.10. The van der Waals surface area contributed by atoms with Crippen LogP contribution in [0.2, 0.25) is 0 Å². The van der Waals surface area contributed by atoms with E-state index in [2.05, 4.69) is 15.9 Å². The van der Waals surface area contributed by atoms with Crippen LogP contribution in [-0.4, -0.2) is 26.5 Å². The quantitative estimate of drug-likeness (QED) is 0.739. The second-order valence-corrected chi connectivity index (χ2v) is 6.14. The van der Waals surface area contributed by atoms with Crippen molar-refractivity contribution in [2.24, 2.45) is 0 Å². The van der Waals surface area contributed by atoms with Gasteiger partial charge in [-0.2, -0.15) is 0 Å². The molecule has 2 nitrogen and oxygen atoms in total. The van der Waals surface area contributed by atoms with E-state index in [0.717, 1.165) is 23.1 Å². The third-order valence-corrected chi connectivity index (χ3v) is 4.22. The lowest BCUT2D eigenvalue weighted by atomic mass is 9.58. The van der Waals surface area contributed by atoms with Crippen LogP contribution < -0.4 is 0 Å². The maximum Gasteiger partial charge on any atom is 0.253 e. The van der Waals surface area contributed by atoms with Crippen LogP contribution in [0.25, 0.3) is 0 Å². The Morgan fingerprint density at radius 1 is 1.09 bits per heavy atom. The number of benzene rings is 2. The van der Waals surface area contributed by atoms with Crippen molar-refractivity contribution in [1.29, 1.82) is 0 Å². The molecule has 0 unspecified atom stereocenters. The zero-order chi connectivity index (χ0) is 16.9. The van der Waals surface area contributed by atoms with E-state index in [0.29, 0.717) is 0 Å². The highest BCUT2D eigenvalue weighted by Crippen LogP contribution is 2.38. The van der Waals surface area contributed by atoms with E-state index in [1.54, 1.807) is 0 Å². The van der Waals surface area contributed by atoms with E-state index in [-0.39, 0.29) is 21.2 Å². The molecule has 2 aromatic carbocycles. The van der Waals surface area contributed by atoms with E-state index in [1.165, 1.54) is 12.1 Å². The second kappa shape index (κ2) is 5.44. The van der Waals surface area contributed by atoms with Crippen LogP contribution in [0.4, 0.5) is 13.2 Å². The van der Waals surface area contributed by atoms with Crippen molar-refractivity contribution in [2.45, 2.75) is 11.9 Å². The van der Waals surface area contributed by atoms with Crippen molar-refractivity contribution >= 4 is 37.5 Å². The molecular formula is C15H7B2BrF3NO. The average Bonchev–Trinajstić information content (AvgIpc) is 2.63. The van der Waals surface area contributed by atoms with Crippen molar-refractivity contribution in [3.8, 4) is 0 Å². The monoisotopic (exact) mass is 375 g/mol. The summed E-state index contributed by atoms with van der Waals surface area (Å²) in [6, 6.07) is 5.93. The Hall–Kier alpha value is -1.69. The molecular weight excluding hydrogens is 369 g/mol. The molecule has 2 aromatic rings. The SMILES string of the molecule is [B]C1([B])c2c(F)cccc2C(=O)N1Cc1c(F)cc(Br)cc1F. The van der Waals surface area contributed by atoms with Crippen LogP contribution in [0.3, 0.4) is 0 Å². The summed E-state index contributed by atoms with van der Waals surface area (Å²) in [5, 5.41) is -2.00. The van der Waals surface area contributed by atoms with Gasteiger partial charge in [-0.15, -0.1) is 0 Å². The Kier molecular flexibility index (Phi) is 3.83. The summed E-state index contributed by atoms with van der Waals surface area (Å²) >= 11 is 2.97. The molecule has 1 heterocycles. The van der Waals surface area contributed by atoms with Gasteiger partial charge in [-0.05, 0) is 29.6 Å². The lowest BCUT2D eigenvalue weighted by molar-refractivity contribution is 0.0728. The number of carbonyl (C=O) groups excluding carboxylic acids is 1. The first-order valence-electron chi connectivity index (χ1n) is 6.55. The molecule has 0 fully saturated rings. The van der Waals surface area contributed by atoms with Gasteiger partial charge in [0.1, 0.15) is 17.5 Å². The molecule has 0 saturated carbocycles. The lowest BCUT2D eigenvalue weighted by Gasteiger charge is -2.34. The van der Waals surface area contributed by atoms with Crippen molar-refractivity contribution in [1.82, 2.24) is 4.90 Å². The van der Waals surface area contributed by atoms with Crippen LogP contribution in [0.15, 0.2) is 34.8 Å². The summed E-state index contributed by atoms with van der Waals surface area (Å²) in [7, 11) is 11.8. The molecule has 3 rings (SSSR count). The molecule has 1 aliphatic heterocycles. The third-order valence-electron chi connectivity index (χ3n) is 3.76. The van der Waals surface area contributed by atoms with Crippen molar-refractivity contribution in [3.05, 3.63) is 68.9 Å². The minimum Gasteiger partial charge on any atom is -0.342 e. The number of hydrogen-bond acceptors (Lipinski definition) is 1. The van der Waals surface area contributed by atoms with Crippen LogP contribution in [0, 0.1) is 17.5 Å². The molecule has 8 heteroatoms. The minimum absolute atomic E-state index is 0.0204. The van der Waals surface area contributed by atoms with Gasteiger partial charge in [0.25, 0.3) is 5.91 Å². The maximum atomic E-state index is 14.0. The van der Waals surface area contributed by atoms with Crippen LogP contribution in [-0.2, 0) is 11.9 Å². The number of halogens is 4. The molecule has 112 valence electrons. The highest BCUT2D eigenvalue weighted by atomic mass is 79.9. The number of fused-ring (bicyclic) bond motifs is 1. The number of nitrogens with zero attached hydrogens (tertiary/aromatic N) is 1. The topological polar surface area (TPSA) is 20.3 Å². The molecule has 0 aromatic heterocycles. The molecule has 0 spiro atoms. The fourth-order valence-electron chi connectivity index (χ4n) is 2.64. The van der Waals surface area contributed by atoms with Gasteiger partial charge in [-0.1, -0.05) is 22.0 Å². The van der Waals surface area contributed by atoms with Gasteiger partial charge in [-0.3, -0.25) is 4.79 Å². The fourth-order valence-corrected chi connectivity index (χ4v) is 3.04. The number of rotatable bonds is 2. The van der Waals surface area contributed by atoms with E-state index in [4.69, 9.17) is 15.7 Å². The Labute approximate surface area is 141 Å². The predicted molar refractivity (Wildman–Crippen MR) is 83.5 cm³/mol. The molecule has 0 atom stereocenters. The largest absolute Gasteiger partial charge is 0.342 e. The molecule has 0 saturated heterocycles. The van der Waals surface area contributed by atoms with Crippen LogP contribution in [0.5, 0.6) is 0 Å². The molecule has 0 aliphatic carbocycles. The van der Waals surface area contributed by atoms with Gasteiger partial charge >= 0.3 is 0 Å². The molecule has 4 radical (unpaired) electrons. The zero-order valence-corrected chi connectivity index (χ0v) is 13.2. The molecule has 1 aliphatic rings. The summed E-state index contributed by atoms with van der Waals surface area (Å²) in [4.78, 5) is 13.2. The Morgan fingerprint density at radius 2 is 1.70 bits per heavy atom. The number of hydrogen-bond donors (Lipinski definition) is 0. The first kappa shape index (κ1) is 16.2. The van der Waals surface area contributed by atoms with Gasteiger partial charge in [0.15, 0.2) is 0 Å². The van der Waals surface area contributed by atoms with Gasteiger partial charge in [-0.25, -0.2) is 13.2 Å². The van der Waals surface area contributed by atoms with E-state index in [1.807, 2.05) is 0 Å². The first-order chi connectivity index (χ1) is 10.7. The van der Waals surface area contributed by atoms with Crippen molar-refractivity contribution < 1.29 is 18.0 Å². The number of amides is 1. The van der Waals surface area contributed by atoms with Crippen LogP contribution in [0.1, 0.15) is 21.5 Å². The standard InChI is InChI=1S/C15H7B2BrF3NO/c16-15(17)13-8(2-1-3-10(13)19)14(23)22(15)6-9-11(20)4-7(18)5-12(9)21/h1-5H,6H2. The zero-order valence-electron chi connectivity index (χ0n) is 11.6. The Bertz CT molecular complexity index is 805. The summed E-state index contributed by atoms with van der Waals surface area (Å²) in [6.45, 7) is -0.523. The van der Waals surface area contributed by atoms with Gasteiger partial charge in [0, 0.05) is 21.2 Å². The van der Waals surface area contributed by atoms with Crippen molar-refractivity contribution in [3.63, 3.8) is 0 Å². The molecule has 0 bridgehead atoms. The van der Waals surface area contributed by atoms with Crippen LogP contribution >= 0.6 is 15.9 Å². The molecule has 1 amide bonds.